The molecule has 8 heteroatoms. The average Bonchev–Trinajstić information content (AvgIpc) is 3.21. The minimum Gasteiger partial charge on any atom is -0.336 e. The summed E-state index contributed by atoms with van der Waals surface area (Å²) < 4.78 is 11.4. The van der Waals surface area contributed by atoms with Crippen LogP contribution >= 0.6 is 11.6 Å². The van der Waals surface area contributed by atoms with Crippen LogP contribution < -0.4 is 4.90 Å². The fourth-order valence-electron chi connectivity index (χ4n) is 3.53. The molecule has 1 fully saturated rings. The normalized spacial score (nSPS) is 17.6. The molecule has 26 heavy (non-hydrogen) atoms. The molecule has 0 radical (unpaired) electrons. The third kappa shape index (κ3) is 3.81. The standard InChI is InChI=1S/C18H23ClN4O3/c19-14-7-8-16-15(13-14)18(25-11-12-26-18)17(24)23(16)10-6-4-2-1-3-5-9-21-22-20/h7-8,13H,1-6,9-12H2. The zero-order chi connectivity index (χ0) is 18.4. The number of azide groups is 1. The highest BCUT2D eigenvalue weighted by molar-refractivity contribution is 6.31. The molecule has 1 spiro atoms. The van der Waals surface area contributed by atoms with Gasteiger partial charge in [0.1, 0.15) is 0 Å². The quantitative estimate of drug-likeness (QED) is 0.273. The Hall–Kier alpha value is -1.79. The van der Waals surface area contributed by atoms with Crippen LogP contribution in [-0.4, -0.2) is 32.2 Å². The summed E-state index contributed by atoms with van der Waals surface area (Å²) in [7, 11) is 0. The van der Waals surface area contributed by atoms with Crippen molar-refractivity contribution in [1.82, 2.24) is 0 Å². The van der Waals surface area contributed by atoms with Gasteiger partial charge in [-0.3, -0.25) is 4.79 Å². The first kappa shape index (κ1) is 19.0. The van der Waals surface area contributed by atoms with Crippen LogP contribution in [0.25, 0.3) is 10.4 Å². The van der Waals surface area contributed by atoms with Crippen LogP contribution in [-0.2, 0) is 20.1 Å². The van der Waals surface area contributed by atoms with E-state index in [1.54, 1.807) is 17.0 Å². The Bertz CT molecular complexity index is 700. The second-order valence-corrected chi connectivity index (χ2v) is 6.94. The largest absolute Gasteiger partial charge is 0.336 e. The number of amides is 1. The lowest BCUT2D eigenvalue weighted by Gasteiger charge is -2.22. The van der Waals surface area contributed by atoms with Gasteiger partial charge in [-0.15, -0.1) is 0 Å². The predicted molar refractivity (Wildman–Crippen MR) is 99.1 cm³/mol. The Morgan fingerprint density at radius 1 is 1.15 bits per heavy atom. The maximum absolute atomic E-state index is 13.0. The van der Waals surface area contributed by atoms with E-state index in [0.29, 0.717) is 36.9 Å². The molecule has 0 aliphatic carbocycles. The highest BCUT2D eigenvalue weighted by Gasteiger charge is 2.55. The van der Waals surface area contributed by atoms with E-state index in [-0.39, 0.29) is 5.91 Å². The molecule has 0 N–H and O–H groups in total. The summed E-state index contributed by atoms with van der Waals surface area (Å²) in [5.74, 6) is -1.46. The van der Waals surface area contributed by atoms with Gasteiger partial charge in [0.25, 0.3) is 11.7 Å². The first-order valence-corrected chi connectivity index (χ1v) is 9.47. The lowest BCUT2D eigenvalue weighted by Crippen LogP contribution is -2.41. The summed E-state index contributed by atoms with van der Waals surface area (Å²) in [6, 6.07) is 5.42. The monoisotopic (exact) mass is 378 g/mol. The lowest BCUT2D eigenvalue weighted by molar-refractivity contribution is -0.180. The van der Waals surface area contributed by atoms with Crippen LogP contribution in [0.3, 0.4) is 0 Å². The number of nitrogens with zero attached hydrogens (tertiary/aromatic N) is 4. The van der Waals surface area contributed by atoms with Crippen molar-refractivity contribution in [3.63, 3.8) is 0 Å². The van der Waals surface area contributed by atoms with Crippen molar-refractivity contribution in [2.45, 2.75) is 44.3 Å². The number of halogens is 1. The SMILES string of the molecule is [N-]=[N+]=NCCCCCCCCN1C(=O)C2(OCCO2)c2cc(Cl)ccc21. The summed E-state index contributed by atoms with van der Waals surface area (Å²) in [5.41, 5.74) is 9.77. The van der Waals surface area contributed by atoms with Crippen LogP contribution in [0.5, 0.6) is 0 Å². The van der Waals surface area contributed by atoms with Gasteiger partial charge >= 0.3 is 0 Å². The summed E-state index contributed by atoms with van der Waals surface area (Å²) in [6.07, 6.45) is 6.16. The van der Waals surface area contributed by atoms with Gasteiger partial charge in [-0.2, -0.15) is 0 Å². The number of ether oxygens (including phenoxy) is 2. The molecule has 0 atom stereocenters. The van der Waals surface area contributed by atoms with Crippen molar-refractivity contribution in [2.24, 2.45) is 5.11 Å². The van der Waals surface area contributed by atoms with Gasteiger partial charge in [-0.25, -0.2) is 0 Å². The minimum atomic E-state index is -1.30. The number of benzene rings is 1. The molecule has 0 aromatic heterocycles. The fourth-order valence-corrected chi connectivity index (χ4v) is 3.70. The average molecular weight is 379 g/mol. The van der Waals surface area contributed by atoms with E-state index in [1.807, 2.05) is 6.07 Å². The number of hydrogen-bond acceptors (Lipinski definition) is 4. The second-order valence-electron chi connectivity index (χ2n) is 6.51. The van der Waals surface area contributed by atoms with Gasteiger partial charge < -0.3 is 14.4 Å². The van der Waals surface area contributed by atoms with Crippen molar-refractivity contribution >= 4 is 23.2 Å². The highest BCUT2D eigenvalue weighted by atomic mass is 35.5. The van der Waals surface area contributed by atoms with Crippen molar-refractivity contribution < 1.29 is 14.3 Å². The van der Waals surface area contributed by atoms with Gasteiger partial charge in [0.15, 0.2) is 0 Å². The van der Waals surface area contributed by atoms with Crippen molar-refractivity contribution in [3.8, 4) is 0 Å². The molecule has 1 aromatic rings. The molecular weight excluding hydrogens is 356 g/mol. The summed E-state index contributed by atoms with van der Waals surface area (Å²) >= 11 is 6.12. The molecule has 1 amide bonds. The van der Waals surface area contributed by atoms with Gasteiger partial charge in [0.05, 0.1) is 18.9 Å². The molecule has 0 unspecified atom stereocenters. The molecule has 2 aliphatic rings. The van der Waals surface area contributed by atoms with Crippen molar-refractivity contribution in [3.05, 3.63) is 39.2 Å². The van der Waals surface area contributed by atoms with Gasteiger partial charge in [0, 0.05) is 28.6 Å². The number of hydrogen-bond donors (Lipinski definition) is 0. The lowest BCUT2D eigenvalue weighted by atomic mass is 10.1. The van der Waals surface area contributed by atoms with E-state index in [4.69, 9.17) is 26.6 Å². The molecular formula is C18H23ClN4O3. The van der Waals surface area contributed by atoms with Crippen molar-refractivity contribution in [2.75, 3.05) is 31.2 Å². The maximum Gasteiger partial charge on any atom is 0.292 e. The van der Waals surface area contributed by atoms with Gasteiger partial charge in [0.2, 0.25) is 0 Å². The Morgan fingerprint density at radius 2 is 1.85 bits per heavy atom. The maximum atomic E-state index is 13.0. The van der Waals surface area contributed by atoms with E-state index < -0.39 is 5.79 Å². The van der Waals surface area contributed by atoms with E-state index in [0.717, 1.165) is 44.2 Å². The number of carbonyl (C=O) groups is 1. The van der Waals surface area contributed by atoms with Crippen LogP contribution in [0.15, 0.2) is 23.3 Å². The Kier molecular flexibility index (Phi) is 6.38. The van der Waals surface area contributed by atoms with Gasteiger partial charge in [-0.1, -0.05) is 42.4 Å². The Morgan fingerprint density at radius 3 is 2.58 bits per heavy atom. The van der Waals surface area contributed by atoms with Crippen LogP contribution in [0.1, 0.15) is 44.1 Å². The van der Waals surface area contributed by atoms with E-state index in [9.17, 15) is 4.79 Å². The smallest absolute Gasteiger partial charge is 0.292 e. The molecule has 1 aromatic carbocycles. The molecule has 2 aliphatic heterocycles. The van der Waals surface area contributed by atoms with E-state index >= 15 is 0 Å². The van der Waals surface area contributed by atoms with Gasteiger partial charge in [-0.05, 0) is 36.6 Å². The van der Waals surface area contributed by atoms with E-state index in [1.165, 1.54) is 0 Å². The molecule has 7 nitrogen and oxygen atoms in total. The summed E-state index contributed by atoms with van der Waals surface area (Å²) in [5, 5.41) is 4.10. The molecule has 0 bridgehead atoms. The Balaban J connectivity index is 1.53. The molecule has 1 saturated heterocycles. The minimum absolute atomic E-state index is 0.151. The Labute approximate surface area is 157 Å². The molecule has 2 heterocycles. The molecule has 140 valence electrons. The zero-order valence-electron chi connectivity index (χ0n) is 14.7. The predicted octanol–water partition coefficient (Wildman–Crippen LogP) is 4.54. The number of anilines is 1. The van der Waals surface area contributed by atoms with Crippen molar-refractivity contribution in [1.29, 1.82) is 0 Å². The molecule has 0 saturated carbocycles. The zero-order valence-corrected chi connectivity index (χ0v) is 15.5. The number of fused-ring (bicyclic) bond motifs is 2. The number of rotatable bonds is 9. The summed E-state index contributed by atoms with van der Waals surface area (Å²) in [6.45, 7) is 2.02. The highest BCUT2D eigenvalue weighted by Crippen LogP contribution is 2.46. The van der Waals surface area contributed by atoms with Crippen LogP contribution in [0.2, 0.25) is 5.02 Å². The number of carbonyl (C=O) groups excluding carboxylic acids is 1. The first-order chi connectivity index (χ1) is 12.7. The third-order valence-corrected chi connectivity index (χ3v) is 5.01. The van der Waals surface area contributed by atoms with E-state index in [2.05, 4.69) is 10.0 Å². The second kappa shape index (κ2) is 8.73. The van der Waals surface area contributed by atoms with Crippen LogP contribution in [0.4, 0.5) is 5.69 Å². The van der Waals surface area contributed by atoms with Crippen LogP contribution in [0, 0.1) is 0 Å². The number of unbranched alkanes of at least 4 members (excludes halogenated alkanes) is 5. The first-order valence-electron chi connectivity index (χ1n) is 9.10. The third-order valence-electron chi connectivity index (χ3n) is 4.78. The summed E-state index contributed by atoms with van der Waals surface area (Å²) in [4.78, 5) is 17.5. The topological polar surface area (TPSA) is 87.5 Å². The molecule has 3 rings (SSSR count). The fraction of sp³-hybridized carbons (Fsp3) is 0.611.